The lowest BCUT2D eigenvalue weighted by Gasteiger charge is -2.26. The molecule has 1 aliphatic heterocycles. The van der Waals surface area contributed by atoms with Gasteiger partial charge in [0.2, 0.25) is 0 Å². The highest BCUT2D eigenvalue weighted by molar-refractivity contribution is 8.00. The number of hydrogen-bond acceptors (Lipinski definition) is 5. The van der Waals surface area contributed by atoms with E-state index in [0.717, 1.165) is 24.7 Å². The third kappa shape index (κ3) is 4.23. The minimum Gasteiger partial charge on any atom is -0.328 e. The van der Waals surface area contributed by atoms with E-state index in [1.54, 1.807) is 11.9 Å². The van der Waals surface area contributed by atoms with Crippen LogP contribution in [-0.4, -0.2) is 12.6 Å². The Kier molecular flexibility index (Phi) is 5.19. The molecule has 114 valence electrons. The summed E-state index contributed by atoms with van der Waals surface area (Å²) >= 11 is 1.57. The summed E-state index contributed by atoms with van der Waals surface area (Å²) in [5.41, 5.74) is 12.8. The molecule has 0 radical (unpaired) electrons. The number of hydrogen-bond donors (Lipinski definition) is 4. The van der Waals surface area contributed by atoms with E-state index >= 15 is 0 Å². The zero-order valence-corrected chi connectivity index (χ0v) is 13.1. The van der Waals surface area contributed by atoms with E-state index in [9.17, 15) is 0 Å². The normalized spacial score (nSPS) is 25.5. The maximum absolute atomic E-state index is 5.95. The molecule has 0 amide bonds. The van der Waals surface area contributed by atoms with Crippen molar-refractivity contribution in [1.82, 2.24) is 15.6 Å². The Balaban J connectivity index is 1.43. The lowest BCUT2D eigenvalue weighted by molar-refractivity contribution is 0.314. The van der Waals surface area contributed by atoms with Crippen molar-refractivity contribution < 1.29 is 0 Å². The van der Waals surface area contributed by atoms with Crippen LogP contribution in [0.5, 0.6) is 0 Å². The first-order valence-corrected chi connectivity index (χ1v) is 8.61. The van der Waals surface area contributed by atoms with Crippen molar-refractivity contribution in [1.29, 1.82) is 0 Å². The molecule has 1 saturated carbocycles. The smallest absolute Gasteiger partial charge is 0.0645 e. The summed E-state index contributed by atoms with van der Waals surface area (Å²) in [6.07, 6.45) is 4.93. The molecule has 1 aliphatic carbocycles. The molecule has 0 atom stereocenters. The average Bonchev–Trinajstić information content (AvgIpc) is 3.04. The van der Waals surface area contributed by atoms with Gasteiger partial charge in [-0.2, -0.15) is 4.83 Å². The lowest BCUT2D eigenvalue weighted by Crippen LogP contribution is -2.31. The summed E-state index contributed by atoms with van der Waals surface area (Å²) in [6, 6.07) is 9.18. The molecule has 0 spiro atoms. The van der Waals surface area contributed by atoms with E-state index in [1.165, 1.54) is 36.8 Å². The molecule has 0 saturated heterocycles. The van der Waals surface area contributed by atoms with Crippen LogP contribution in [0.3, 0.4) is 0 Å². The minimum absolute atomic E-state index is 0.444. The van der Waals surface area contributed by atoms with Crippen LogP contribution in [0, 0.1) is 5.92 Å². The van der Waals surface area contributed by atoms with Gasteiger partial charge in [-0.3, -0.25) is 0 Å². The van der Waals surface area contributed by atoms with Crippen LogP contribution in [0.1, 0.15) is 36.8 Å². The summed E-state index contributed by atoms with van der Waals surface area (Å²) in [7, 11) is 0. The highest BCUT2D eigenvalue weighted by atomic mass is 32.2. The third-order valence-electron chi connectivity index (χ3n) is 4.34. The fourth-order valence-electron chi connectivity index (χ4n) is 2.96. The molecule has 1 aromatic rings. The van der Waals surface area contributed by atoms with Crippen molar-refractivity contribution in [3.8, 4) is 0 Å². The Morgan fingerprint density at radius 1 is 1.14 bits per heavy atom. The van der Waals surface area contributed by atoms with Gasteiger partial charge in [-0.15, -0.1) is 0 Å². The molecule has 0 bridgehead atoms. The van der Waals surface area contributed by atoms with Gasteiger partial charge in [-0.1, -0.05) is 24.3 Å². The van der Waals surface area contributed by atoms with Crippen LogP contribution < -0.4 is 21.3 Å². The first-order valence-electron chi connectivity index (χ1n) is 7.74. The van der Waals surface area contributed by atoms with Crippen molar-refractivity contribution in [2.24, 2.45) is 11.7 Å². The molecule has 21 heavy (non-hydrogen) atoms. The number of nitrogens with two attached hydrogens (primary N) is 1. The van der Waals surface area contributed by atoms with E-state index in [1.807, 2.05) is 0 Å². The molecule has 5 heteroatoms. The Morgan fingerprint density at radius 3 is 2.57 bits per heavy atom. The predicted octanol–water partition coefficient (Wildman–Crippen LogP) is 2.35. The standard InChI is InChI=1S/C16H24N4S/c17-15-7-3-13(4-8-15)10-18-9-12-1-5-14(6-2-12)16-11-21-20-19-16/h1-2,5-6,11,13,15,18-20H,3-4,7-10,17H2/t13-,15-. The van der Waals surface area contributed by atoms with Crippen LogP contribution in [0.4, 0.5) is 0 Å². The highest BCUT2D eigenvalue weighted by Gasteiger charge is 2.17. The van der Waals surface area contributed by atoms with Crippen LogP contribution in [0.15, 0.2) is 29.7 Å². The van der Waals surface area contributed by atoms with Crippen LogP contribution >= 0.6 is 11.9 Å². The first-order chi connectivity index (χ1) is 10.3. The molecule has 5 N–H and O–H groups in total. The Bertz CT molecular complexity index is 478. The van der Waals surface area contributed by atoms with E-state index in [-0.39, 0.29) is 0 Å². The molecule has 1 fully saturated rings. The molecule has 0 unspecified atom stereocenters. The van der Waals surface area contributed by atoms with Gasteiger partial charge in [0.25, 0.3) is 0 Å². The number of nitrogens with one attached hydrogen (secondary N) is 3. The maximum Gasteiger partial charge on any atom is 0.0645 e. The minimum atomic E-state index is 0.444. The summed E-state index contributed by atoms with van der Waals surface area (Å²) in [5, 5.41) is 5.67. The van der Waals surface area contributed by atoms with Crippen molar-refractivity contribution in [3.05, 3.63) is 40.8 Å². The Labute approximate surface area is 131 Å². The van der Waals surface area contributed by atoms with Crippen molar-refractivity contribution in [3.63, 3.8) is 0 Å². The Hall–Kier alpha value is -1.01. The van der Waals surface area contributed by atoms with Gasteiger partial charge in [-0.25, -0.2) is 0 Å². The zero-order chi connectivity index (χ0) is 14.5. The summed E-state index contributed by atoms with van der Waals surface area (Å²) in [6.45, 7) is 2.06. The second kappa shape index (κ2) is 7.31. The van der Waals surface area contributed by atoms with Crippen LogP contribution in [-0.2, 0) is 6.54 Å². The molecular weight excluding hydrogens is 280 g/mol. The second-order valence-corrected chi connectivity index (χ2v) is 6.66. The van der Waals surface area contributed by atoms with Gasteiger partial charge in [0, 0.05) is 18.0 Å². The molecule has 2 aliphatic rings. The van der Waals surface area contributed by atoms with Crippen molar-refractivity contribution in [2.75, 3.05) is 6.54 Å². The molecular formula is C16H24N4S. The molecule has 4 nitrogen and oxygen atoms in total. The summed E-state index contributed by atoms with van der Waals surface area (Å²) in [5.74, 6) is 0.806. The van der Waals surface area contributed by atoms with Gasteiger partial charge in [0.1, 0.15) is 0 Å². The topological polar surface area (TPSA) is 62.1 Å². The predicted molar refractivity (Wildman–Crippen MR) is 89.9 cm³/mol. The summed E-state index contributed by atoms with van der Waals surface area (Å²) < 4.78 is 0. The van der Waals surface area contributed by atoms with Crippen LogP contribution in [0.25, 0.3) is 5.70 Å². The van der Waals surface area contributed by atoms with Gasteiger partial charge in [0.15, 0.2) is 0 Å². The molecule has 1 aromatic carbocycles. The van der Waals surface area contributed by atoms with Gasteiger partial charge < -0.3 is 16.5 Å². The summed E-state index contributed by atoms with van der Waals surface area (Å²) in [4.78, 5) is 3.01. The maximum atomic E-state index is 5.95. The quantitative estimate of drug-likeness (QED) is 0.629. The lowest BCUT2D eigenvalue weighted by atomic mass is 9.86. The fourth-order valence-corrected chi connectivity index (χ4v) is 3.50. The van der Waals surface area contributed by atoms with Crippen LogP contribution in [0.2, 0.25) is 0 Å². The fraction of sp³-hybridized carbons (Fsp3) is 0.500. The number of hydrazine groups is 1. The largest absolute Gasteiger partial charge is 0.328 e. The third-order valence-corrected chi connectivity index (χ3v) is 4.91. The second-order valence-electron chi connectivity index (χ2n) is 5.99. The Morgan fingerprint density at radius 2 is 1.90 bits per heavy atom. The first kappa shape index (κ1) is 14.9. The average molecular weight is 304 g/mol. The van der Waals surface area contributed by atoms with Gasteiger partial charge in [-0.05, 0) is 61.2 Å². The van der Waals surface area contributed by atoms with E-state index < -0.39 is 0 Å². The van der Waals surface area contributed by atoms with Gasteiger partial charge >= 0.3 is 0 Å². The molecule has 1 heterocycles. The highest BCUT2D eigenvalue weighted by Crippen LogP contribution is 2.22. The van der Waals surface area contributed by atoms with E-state index in [0.29, 0.717) is 6.04 Å². The van der Waals surface area contributed by atoms with Crippen molar-refractivity contribution in [2.45, 2.75) is 38.3 Å². The zero-order valence-electron chi connectivity index (χ0n) is 12.3. The SMILES string of the molecule is N[C@H]1CC[C@H](CNCc2ccc(C3=CSNN3)cc2)CC1. The monoisotopic (exact) mass is 304 g/mol. The van der Waals surface area contributed by atoms with Gasteiger partial charge in [0.05, 0.1) is 5.70 Å². The number of rotatable bonds is 5. The number of benzene rings is 1. The van der Waals surface area contributed by atoms with E-state index in [4.69, 9.17) is 5.73 Å². The molecule has 0 aromatic heterocycles. The molecule has 3 rings (SSSR count). The van der Waals surface area contributed by atoms with Crippen molar-refractivity contribution >= 4 is 17.6 Å². The van der Waals surface area contributed by atoms with E-state index in [2.05, 4.69) is 45.2 Å².